The van der Waals surface area contributed by atoms with E-state index in [4.69, 9.17) is 16.3 Å². The Balaban J connectivity index is 2.12. The predicted octanol–water partition coefficient (Wildman–Crippen LogP) is 4.34. The Kier molecular flexibility index (Phi) is 3.38. The molecule has 1 heterocycles. The summed E-state index contributed by atoms with van der Waals surface area (Å²) >= 11 is 6.31. The molecule has 0 aliphatic carbocycles. The molecule has 0 saturated carbocycles. The summed E-state index contributed by atoms with van der Waals surface area (Å²) in [7, 11) is 0. The monoisotopic (exact) mass is 301 g/mol. The molecule has 0 unspecified atom stereocenters. The van der Waals surface area contributed by atoms with Crippen LogP contribution in [0.25, 0.3) is 0 Å². The summed E-state index contributed by atoms with van der Waals surface area (Å²) < 4.78 is 6.01. The minimum Gasteiger partial charge on any atom is -0.473 e. The Labute approximate surface area is 128 Å². The molecular weight excluding hydrogens is 286 g/mol. The number of nitrogens with one attached hydrogen (secondary N) is 1. The number of fused-ring (bicyclic) bond motifs is 1. The number of amides is 1. The highest BCUT2D eigenvalue weighted by Crippen LogP contribution is 2.44. The van der Waals surface area contributed by atoms with E-state index in [2.05, 4.69) is 5.32 Å². The molecule has 2 aromatic rings. The first-order chi connectivity index (χ1) is 10.0. The number of hydrogen-bond acceptors (Lipinski definition) is 2. The normalized spacial score (nSPS) is 17.0. The summed E-state index contributed by atoms with van der Waals surface area (Å²) in [5.41, 5.74) is 4.30. The van der Waals surface area contributed by atoms with E-state index in [0.29, 0.717) is 16.5 Å². The molecule has 3 rings (SSSR count). The van der Waals surface area contributed by atoms with Gasteiger partial charge in [-0.25, -0.2) is 0 Å². The van der Waals surface area contributed by atoms with Crippen LogP contribution in [0.4, 0.5) is 5.69 Å². The molecule has 3 nitrogen and oxygen atoms in total. The van der Waals surface area contributed by atoms with Gasteiger partial charge < -0.3 is 10.1 Å². The van der Waals surface area contributed by atoms with E-state index in [-0.39, 0.29) is 5.91 Å². The molecule has 0 aromatic heterocycles. The van der Waals surface area contributed by atoms with Crippen molar-refractivity contribution in [3.05, 3.63) is 57.6 Å². The molecule has 2 aromatic carbocycles. The van der Waals surface area contributed by atoms with E-state index in [1.54, 1.807) is 0 Å². The van der Waals surface area contributed by atoms with Crippen molar-refractivity contribution < 1.29 is 9.53 Å². The molecule has 0 bridgehead atoms. The largest absolute Gasteiger partial charge is 0.473 e. The highest BCUT2D eigenvalue weighted by Gasteiger charge is 2.32. The van der Waals surface area contributed by atoms with Crippen LogP contribution in [-0.2, 0) is 4.79 Å². The lowest BCUT2D eigenvalue weighted by atomic mass is 9.99. The number of benzene rings is 2. The van der Waals surface area contributed by atoms with Crippen LogP contribution in [0.5, 0.6) is 5.75 Å². The van der Waals surface area contributed by atoms with Crippen molar-refractivity contribution in [1.29, 1.82) is 0 Å². The van der Waals surface area contributed by atoms with E-state index in [9.17, 15) is 4.79 Å². The minimum atomic E-state index is -0.627. The first-order valence-corrected chi connectivity index (χ1v) is 7.20. The summed E-state index contributed by atoms with van der Waals surface area (Å²) in [4.78, 5) is 12.3. The van der Waals surface area contributed by atoms with E-state index < -0.39 is 6.10 Å². The van der Waals surface area contributed by atoms with E-state index >= 15 is 0 Å². The number of halogens is 1. The maximum atomic E-state index is 12.3. The van der Waals surface area contributed by atoms with Crippen LogP contribution >= 0.6 is 11.6 Å². The summed E-state index contributed by atoms with van der Waals surface area (Å²) in [5, 5.41) is 3.61. The molecule has 1 atom stereocenters. The second kappa shape index (κ2) is 5.08. The van der Waals surface area contributed by atoms with Gasteiger partial charge in [0.2, 0.25) is 6.10 Å². The van der Waals surface area contributed by atoms with Crippen LogP contribution in [0.1, 0.15) is 28.4 Å². The van der Waals surface area contributed by atoms with Crippen LogP contribution in [-0.4, -0.2) is 5.91 Å². The summed E-state index contributed by atoms with van der Waals surface area (Å²) in [5.74, 6) is 0.541. The molecule has 0 radical (unpaired) electrons. The van der Waals surface area contributed by atoms with Gasteiger partial charge in [-0.3, -0.25) is 4.79 Å². The van der Waals surface area contributed by atoms with Crippen molar-refractivity contribution in [3.63, 3.8) is 0 Å². The Morgan fingerprint density at radius 3 is 2.38 bits per heavy atom. The maximum Gasteiger partial charge on any atom is 0.270 e. The number of carbonyl (C=O) groups excluding carboxylic acids is 1. The standard InChI is InChI=1S/C17H16ClNO2/c1-9-10(2)15-14(11(3)13(9)18)19-17(20)16(21-15)12-7-5-4-6-8-12/h4-8,16H,1-3H3,(H,19,20)/t16-/m1/s1. The van der Waals surface area contributed by atoms with Gasteiger partial charge in [0.15, 0.2) is 0 Å². The molecule has 1 aliphatic rings. The quantitative estimate of drug-likeness (QED) is 0.851. The number of ether oxygens (including phenoxy) is 1. The third-order valence-electron chi connectivity index (χ3n) is 3.99. The van der Waals surface area contributed by atoms with Crippen LogP contribution in [0.3, 0.4) is 0 Å². The number of anilines is 1. The van der Waals surface area contributed by atoms with Gasteiger partial charge >= 0.3 is 0 Å². The SMILES string of the molecule is Cc1c(C)c2c(c(C)c1Cl)NC(=O)[C@@H](c1ccccc1)O2. The summed E-state index contributed by atoms with van der Waals surface area (Å²) in [6.45, 7) is 5.81. The molecule has 1 N–H and O–H groups in total. The fourth-order valence-electron chi connectivity index (χ4n) is 2.59. The van der Waals surface area contributed by atoms with Crippen molar-refractivity contribution in [2.24, 2.45) is 0 Å². The van der Waals surface area contributed by atoms with Crippen molar-refractivity contribution in [2.45, 2.75) is 26.9 Å². The zero-order chi connectivity index (χ0) is 15.1. The molecule has 0 fully saturated rings. The second-order valence-electron chi connectivity index (χ2n) is 5.29. The number of hydrogen-bond donors (Lipinski definition) is 1. The first-order valence-electron chi connectivity index (χ1n) is 6.82. The van der Waals surface area contributed by atoms with Crippen LogP contribution < -0.4 is 10.1 Å². The lowest BCUT2D eigenvalue weighted by Gasteiger charge is -2.30. The predicted molar refractivity (Wildman–Crippen MR) is 84.1 cm³/mol. The van der Waals surface area contributed by atoms with E-state index in [1.807, 2.05) is 51.1 Å². The minimum absolute atomic E-state index is 0.170. The second-order valence-corrected chi connectivity index (χ2v) is 5.67. The molecule has 4 heteroatoms. The Bertz CT molecular complexity index is 726. The van der Waals surface area contributed by atoms with Crippen LogP contribution in [0.15, 0.2) is 30.3 Å². The lowest BCUT2D eigenvalue weighted by molar-refractivity contribution is -0.123. The molecule has 0 spiro atoms. The summed E-state index contributed by atoms with van der Waals surface area (Å²) in [6, 6.07) is 9.48. The summed E-state index contributed by atoms with van der Waals surface area (Å²) in [6.07, 6.45) is -0.627. The van der Waals surface area contributed by atoms with Crippen molar-refractivity contribution in [1.82, 2.24) is 0 Å². The Morgan fingerprint density at radius 2 is 1.71 bits per heavy atom. The third kappa shape index (κ3) is 2.18. The molecule has 108 valence electrons. The third-order valence-corrected chi connectivity index (χ3v) is 4.55. The Morgan fingerprint density at radius 1 is 1.05 bits per heavy atom. The van der Waals surface area contributed by atoms with Crippen LogP contribution in [0.2, 0.25) is 5.02 Å². The van der Waals surface area contributed by atoms with E-state index in [0.717, 1.165) is 22.3 Å². The van der Waals surface area contributed by atoms with Gasteiger partial charge in [0.25, 0.3) is 5.91 Å². The topological polar surface area (TPSA) is 38.3 Å². The Hall–Kier alpha value is -2.00. The molecule has 0 saturated heterocycles. The molecule has 1 aliphatic heterocycles. The van der Waals surface area contributed by atoms with Gasteiger partial charge in [-0.2, -0.15) is 0 Å². The van der Waals surface area contributed by atoms with Crippen molar-refractivity contribution >= 4 is 23.2 Å². The number of carbonyl (C=O) groups is 1. The lowest BCUT2D eigenvalue weighted by Crippen LogP contribution is -2.31. The van der Waals surface area contributed by atoms with Gasteiger partial charge in [0, 0.05) is 10.6 Å². The maximum absolute atomic E-state index is 12.3. The van der Waals surface area contributed by atoms with Crippen molar-refractivity contribution in [3.8, 4) is 5.75 Å². The fourth-order valence-corrected chi connectivity index (χ4v) is 2.83. The van der Waals surface area contributed by atoms with Gasteiger partial charge in [-0.15, -0.1) is 0 Å². The fraction of sp³-hybridized carbons (Fsp3) is 0.235. The average molecular weight is 302 g/mol. The number of rotatable bonds is 1. The molecule has 1 amide bonds. The van der Waals surface area contributed by atoms with E-state index in [1.165, 1.54) is 0 Å². The van der Waals surface area contributed by atoms with Gasteiger partial charge in [-0.05, 0) is 37.5 Å². The van der Waals surface area contributed by atoms with Crippen LogP contribution in [0, 0.1) is 20.8 Å². The zero-order valence-electron chi connectivity index (χ0n) is 12.2. The van der Waals surface area contributed by atoms with Gasteiger partial charge in [-0.1, -0.05) is 41.9 Å². The molecular formula is C17H16ClNO2. The average Bonchev–Trinajstić information content (AvgIpc) is 2.51. The van der Waals surface area contributed by atoms with Crippen molar-refractivity contribution in [2.75, 3.05) is 5.32 Å². The highest BCUT2D eigenvalue weighted by atomic mass is 35.5. The zero-order valence-corrected chi connectivity index (χ0v) is 12.9. The highest BCUT2D eigenvalue weighted by molar-refractivity contribution is 6.33. The van der Waals surface area contributed by atoms with Gasteiger partial charge in [0.05, 0.1) is 5.69 Å². The first kappa shape index (κ1) is 14.0. The smallest absolute Gasteiger partial charge is 0.270 e. The van der Waals surface area contributed by atoms with Gasteiger partial charge in [0.1, 0.15) is 5.75 Å². The molecule has 21 heavy (non-hydrogen) atoms.